The Balaban J connectivity index is 3.11. The third-order valence-corrected chi connectivity index (χ3v) is 1.55. The van der Waals surface area contributed by atoms with Crippen LogP contribution >= 0.6 is 0 Å². The highest BCUT2D eigenvalue weighted by atomic mass is 16.4. The third kappa shape index (κ3) is 2.02. The summed E-state index contributed by atoms with van der Waals surface area (Å²) in [7, 11) is 1.54. The predicted octanol–water partition coefficient (Wildman–Crippen LogP) is 0.0280. The van der Waals surface area contributed by atoms with Gasteiger partial charge in [-0.1, -0.05) is 5.16 Å². The minimum Gasteiger partial charge on any atom is -0.411 e. The maximum absolute atomic E-state index is 11.1. The van der Waals surface area contributed by atoms with Gasteiger partial charge in [0.1, 0.15) is 6.21 Å². The maximum Gasteiger partial charge on any atom is 0.250 e. The van der Waals surface area contributed by atoms with Crippen LogP contribution in [0.4, 0.5) is 0 Å². The molecular formula is C8H8N2O3. The Morgan fingerprint density at radius 2 is 2.31 bits per heavy atom. The number of nitrogens with zero attached hydrogens (tertiary/aromatic N) is 2. The second kappa shape index (κ2) is 3.66. The zero-order valence-corrected chi connectivity index (χ0v) is 6.97. The van der Waals surface area contributed by atoms with Crippen LogP contribution in [0.25, 0.3) is 0 Å². The molecule has 5 heteroatoms. The zero-order valence-electron chi connectivity index (χ0n) is 6.97. The van der Waals surface area contributed by atoms with E-state index in [4.69, 9.17) is 5.21 Å². The summed E-state index contributed by atoms with van der Waals surface area (Å²) in [6, 6.07) is 2.66. The van der Waals surface area contributed by atoms with Crippen molar-refractivity contribution in [2.45, 2.75) is 0 Å². The summed E-state index contributed by atoms with van der Waals surface area (Å²) in [5.41, 5.74) is 0.109. The number of carbonyl (C=O) groups excluding carboxylic acids is 1. The molecule has 0 saturated carbocycles. The number of pyridine rings is 1. The molecule has 0 aliphatic heterocycles. The summed E-state index contributed by atoms with van der Waals surface area (Å²) < 4.78 is 1.28. The van der Waals surface area contributed by atoms with Crippen LogP contribution in [0.1, 0.15) is 10.4 Å². The van der Waals surface area contributed by atoms with Gasteiger partial charge in [-0.25, -0.2) is 0 Å². The van der Waals surface area contributed by atoms with Gasteiger partial charge in [0.15, 0.2) is 0 Å². The fourth-order valence-corrected chi connectivity index (χ4v) is 0.867. The van der Waals surface area contributed by atoms with E-state index < -0.39 is 5.78 Å². The smallest absolute Gasteiger partial charge is 0.250 e. The number of aromatic nitrogens is 1. The molecule has 0 aliphatic carbocycles. The molecule has 1 heterocycles. The Labute approximate surface area is 73.9 Å². The topological polar surface area (TPSA) is 71.7 Å². The van der Waals surface area contributed by atoms with E-state index in [9.17, 15) is 9.59 Å². The van der Waals surface area contributed by atoms with E-state index in [1.165, 1.54) is 29.9 Å². The molecule has 0 unspecified atom stereocenters. The molecule has 0 bridgehead atoms. The van der Waals surface area contributed by atoms with Crippen LogP contribution in [0.3, 0.4) is 0 Å². The Morgan fingerprint density at radius 3 is 2.85 bits per heavy atom. The van der Waals surface area contributed by atoms with E-state index in [1.807, 2.05) is 0 Å². The fourth-order valence-electron chi connectivity index (χ4n) is 0.867. The lowest BCUT2D eigenvalue weighted by molar-refractivity contribution is 0.106. The van der Waals surface area contributed by atoms with Crippen LogP contribution in [-0.4, -0.2) is 21.8 Å². The van der Waals surface area contributed by atoms with Gasteiger partial charge in [0, 0.05) is 24.9 Å². The summed E-state index contributed by atoms with van der Waals surface area (Å²) >= 11 is 0. The van der Waals surface area contributed by atoms with Gasteiger partial charge < -0.3 is 9.77 Å². The summed E-state index contributed by atoms with van der Waals surface area (Å²) in [5, 5.41) is 10.7. The summed E-state index contributed by atoms with van der Waals surface area (Å²) in [4.78, 5) is 22.0. The van der Waals surface area contributed by atoms with Gasteiger partial charge in [0.25, 0.3) is 0 Å². The lowest BCUT2D eigenvalue weighted by Gasteiger charge is -1.97. The lowest BCUT2D eigenvalue weighted by Crippen LogP contribution is -2.16. The Kier molecular flexibility index (Phi) is 2.59. The molecule has 0 saturated heterocycles. The van der Waals surface area contributed by atoms with Crippen molar-refractivity contribution >= 4 is 12.0 Å². The average molecular weight is 180 g/mol. The average Bonchev–Trinajstić information content (AvgIpc) is 2.10. The number of hydrogen-bond acceptors (Lipinski definition) is 4. The third-order valence-electron chi connectivity index (χ3n) is 1.55. The summed E-state index contributed by atoms with van der Waals surface area (Å²) in [6.45, 7) is 0. The number of Topliss-reactive ketones (excluding diaryl/α,β-unsaturated/α-hetero) is 1. The van der Waals surface area contributed by atoms with E-state index in [2.05, 4.69) is 5.16 Å². The standard InChI is InChI=1S/C8H8N2O3/c1-10-5-6(2-3-8(10)12)7(11)4-9-13/h2-5,13H,1H3/b9-4+. The van der Waals surface area contributed by atoms with Crippen LogP contribution in [-0.2, 0) is 7.05 Å². The highest BCUT2D eigenvalue weighted by molar-refractivity contribution is 6.35. The monoisotopic (exact) mass is 180 g/mol. The molecule has 13 heavy (non-hydrogen) atoms. The Bertz CT molecular complexity index is 406. The van der Waals surface area contributed by atoms with E-state index in [0.29, 0.717) is 5.56 Å². The molecule has 0 fully saturated rings. The number of ketones is 1. The number of hydrogen-bond donors (Lipinski definition) is 1. The first-order valence-electron chi connectivity index (χ1n) is 3.53. The second-order valence-corrected chi connectivity index (χ2v) is 2.48. The van der Waals surface area contributed by atoms with Crippen LogP contribution < -0.4 is 5.56 Å². The van der Waals surface area contributed by atoms with Crippen molar-refractivity contribution < 1.29 is 10.0 Å². The first-order valence-corrected chi connectivity index (χ1v) is 3.53. The molecule has 1 aromatic heterocycles. The molecule has 5 nitrogen and oxygen atoms in total. The molecule has 0 amide bonds. The van der Waals surface area contributed by atoms with Gasteiger partial charge >= 0.3 is 0 Å². The second-order valence-electron chi connectivity index (χ2n) is 2.48. The summed E-state index contributed by atoms with van der Waals surface area (Å²) in [5.74, 6) is -0.446. The molecule has 0 radical (unpaired) electrons. The van der Waals surface area contributed by atoms with Gasteiger partial charge in [-0.3, -0.25) is 9.59 Å². The first-order chi connectivity index (χ1) is 6.15. The lowest BCUT2D eigenvalue weighted by atomic mass is 10.2. The highest BCUT2D eigenvalue weighted by Gasteiger charge is 2.03. The molecule has 0 atom stereocenters. The van der Waals surface area contributed by atoms with Gasteiger partial charge in [0.05, 0.1) is 0 Å². The van der Waals surface area contributed by atoms with Crippen molar-refractivity contribution in [1.29, 1.82) is 0 Å². The SMILES string of the molecule is Cn1cc(C(=O)/C=N/O)ccc1=O. The Hall–Kier alpha value is -1.91. The molecule has 1 N–H and O–H groups in total. The minimum atomic E-state index is -0.446. The fraction of sp³-hybridized carbons (Fsp3) is 0.125. The van der Waals surface area contributed by atoms with Crippen LogP contribution in [0.15, 0.2) is 28.3 Å². The van der Waals surface area contributed by atoms with E-state index in [0.717, 1.165) is 6.21 Å². The molecule has 68 valence electrons. The number of carbonyl (C=O) groups is 1. The van der Waals surface area contributed by atoms with Crippen molar-refractivity contribution in [3.05, 3.63) is 34.2 Å². The van der Waals surface area contributed by atoms with Gasteiger partial charge in [0.2, 0.25) is 11.3 Å². The number of rotatable bonds is 2. The van der Waals surface area contributed by atoms with Gasteiger partial charge in [-0.2, -0.15) is 0 Å². The van der Waals surface area contributed by atoms with E-state index in [-0.39, 0.29) is 5.56 Å². The maximum atomic E-state index is 11.1. The van der Waals surface area contributed by atoms with Crippen molar-refractivity contribution in [1.82, 2.24) is 4.57 Å². The quantitative estimate of drug-likeness (QED) is 0.302. The van der Waals surface area contributed by atoms with Crippen molar-refractivity contribution in [3.63, 3.8) is 0 Å². The highest BCUT2D eigenvalue weighted by Crippen LogP contribution is 1.94. The molecule has 1 aromatic rings. The predicted molar refractivity (Wildman–Crippen MR) is 46.3 cm³/mol. The largest absolute Gasteiger partial charge is 0.411 e. The van der Waals surface area contributed by atoms with Gasteiger partial charge in [-0.05, 0) is 6.07 Å². The number of oxime groups is 1. The normalized spacial score (nSPS) is 10.5. The molecule has 0 spiro atoms. The zero-order chi connectivity index (χ0) is 9.84. The summed E-state index contributed by atoms with van der Waals surface area (Å²) in [6.07, 6.45) is 2.16. The van der Waals surface area contributed by atoms with Gasteiger partial charge in [-0.15, -0.1) is 0 Å². The van der Waals surface area contributed by atoms with Crippen molar-refractivity contribution in [3.8, 4) is 0 Å². The van der Waals surface area contributed by atoms with Crippen LogP contribution in [0.2, 0.25) is 0 Å². The molecule has 1 rings (SSSR count). The number of aryl methyl sites for hydroxylation is 1. The van der Waals surface area contributed by atoms with Crippen molar-refractivity contribution in [2.75, 3.05) is 0 Å². The van der Waals surface area contributed by atoms with E-state index in [1.54, 1.807) is 0 Å². The molecule has 0 aliphatic rings. The Morgan fingerprint density at radius 1 is 1.62 bits per heavy atom. The minimum absolute atomic E-state index is 0.197. The van der Waals surface area contributed by atoms with Crippen molar-refractivity contribution in [2.24, 2.45) is 12.2 Å². The van der Waals surface area contributed by atoms with Crippen LogP contribution in [0.5, 0.6) is 0 Å². The van der Waals surface area contributed by atoms with E-state index >= 15 is 0 Å². The van der Waals surface area contributed by atoms with Crippen LogP contribution in [0, 0.1) is 0 Å². The first kappa shape index (κ1) is 9.18. The molecular weight excluding hydrogens is 172 g/mol. The molecule has 0 aromatic carbocycles.